The summed E-state index contributed by atoms with van der Waals surface area (Å²) in [6.07, 6.45) is 4.99. The molecule has 26 heavy (non-hydrogen) atoms. The Morgan fingerprint density at radius 2 is 1.38 bits per heavy atom. The first-order chi connectivity index (χ1) is 12.0. The molecule has 0 amide bonds. The number of aryl methyl sites for hydroxylation is 1. The Balaban J connectivity index is 2.14. The lowest BCUT2D eigenvalue weighted by Crippen LogP contribution is -2.40. The lowest BCUT2D eigenvalue weighted by atomic mass is 10.2. The van der Waals surface area contributed by atoms with Crippen molar-refractivity contribution in [2.75, 3.05) is 13.2 Å². The highest BCUT2D eigenvalue weighted by molar-refractivity contribution is 7.86. The van der Waals surface area contributed by atoms with Gasteiger partial charge in [0.1, 0.15) is 0 Å². The summed E-state index contributed by atoms with van der Waals surface area (Å²) < 4.78 is 35.4. The summed E-state index contributed by atoms with van der Waals surface area (Å²) >= 11 is 0. The van der Waals surface area contributed by atoms with Gasteiger partial charge in [-0.2, -0.15) is 8.42 Å². The van der Waals surface area contributed by atoms with E-state index in [-0.39, 0.29) is 16.5 Å². The average Bonchev–Trinajstić information content (AvgIpc) is 2.52. The Kier molecular flexibility index (Phi) is 8.99. The second-order valence-corrected chi connectivity index (χ2v) is 14.9. The zero-order chi connectivity index (χ0) is 19.8. The van der Waals surface area contributed by atoms with Gasteiger partial charge in [0.25, 0.3) is 10.1 Å². The largest absolute Gasteiger partial charge is 0.417 e. The summed E-state index contributed by atoms with van der Waals surface area (Å²) in [7, 11) is -5.25. The fraction of sp³-hybridized carbons (Fsp3) is 0.700. The van der Waals surface area contributed by atoms with Crippen molar-refractivity contribution in [2.45, 2.75) is 82.8 Å². The van der Waals surface area contributed by atoms with Crippen molar-refractivity contribution in [1.29, 1.82) is 0 Å². The lowest BCUT2D eigenvalue weighted by Gasteiger charge is -2.36. The molecule has 1 rings (SSSR count). The van der Waals surface area contributed by atoms with E-state index in [1.807, 2.05) is 6.92 Å². The number of rotatable bonds is 11. The SMILES string of the molecule is Cc1ccc(S(=O)(=O)OCCCCCCCO[Si](C)(C)C(C)(C)C)cc1. The van der Waals surface area contributed by atoms with Gasteiger partial charge in [-0.25, -0.2) is 0 Å². The predicted molar refractivity (Wildman–Crippen MR) is 111 cm³/mol. The van der Waals surface area contributed by atoms with Gasteiger partial charge in [0, 0.05) is 6.61 Å². The van der Waals surface area contributed by atoms with Crippen molar-refractivity contribution < 1.29 is 17.0 Å². The van der Waals surface area contributed by atoms with Crippen LogP contribution in [0.2, 0.25) is 18.1 Å². The predicted octanol–water partition coefficient (Wildman–Crippen LogP) is 5.67. The molecule has 1 aromatic rings. The topological polar surface area (TPSA) is 52.6 Å². The number of hydrogen-bond donors (Lipinski definition) is 0. The first kappa shape index (κ1) is 23.3. The Morgan fingerprint density at radius 3 is 1.92 bits per heavy atom. The standard InChI is InChI=1S/C20H36O4SSi/c1-18-12-14-19(15-13-18)25(21,22)23-16-10-8-7-9-11-17-24-26(5,6)20(2,3)4/h12-15H,7-11,16-17H2,1-6H3. The molecule has 0 fully saturated rings. The summed E-state index contributed by atoms with van der Waals surface area (Å²) in [5.41, 5.74) is 1.03. The molecule has 0 N–H and O–H groups in total. The highest BCUT2D eigenvalue weighted by Gasteiger charge is 2.36. The van der Waals surface area contributed by atoms with Gasteiger partial charge in [0.15, 0.2) is 8.32 Å². The van der Waals surface area contributed by atoms with Gasteiger partial charge in [-0.1, -0.05) is 57.7 Å². The lowest BCUT2D eigenvalue weighted by molar-refractivity contribution is 0.274. The van der Waals surface area contributed by atoms with Crippen molar-refractivity contribution in [3.63, 3.8) is 0 Å². The van der Waals surface area contributed by atoms with Gasteiger partial charge >= 0.3 is 0 Å². The highest BCUT2D eigenvalue weighted by Crippen LogP contribution is 2.36. The van der Waals surface area contributed by atoms with Crippen LogP contribution in [-0.4, -0.2) is 29.9 Å². The number of benzene rings is 1. The van der Waals surface area contributed by atoms with Gasteiger partial charge < -0.3 is 4.43 Å². The van der Waals surface area contributed by atoms with Crippen molar-refractivity contribution in [3.8, 4) is 0 Å². The van der Waals surface area contributed by atoms with E-state index in [1.165, 1.54) is 0 Å². The molecule has 4 nitrogen and oxygen atoms in total. The molecule has 6 heteroatoms. The average molecular weight is 401 g/mol. The summed E-state index contributed by atoms with van der Waals surface area (Å²) in [5, 5.41) is 0.257. The molecule has 0 unspecified atom stereocenters. The molecule has 0 atom stereocenters. The summed E-state index contributed by atoms with van der Waals surface area (Å²) in [6.45, 7) is 14.3. The molecule has 0 aliphatic rings. The molecular weight excluding hydrogens is 364 g/mol. The van der Waals surface area contributed by atoms with Crippen molar-refractivity contribution >= 4 is 18.4 Å². The van der Waals surface area contributed by atoms with Crippen molar-refractivity contribution in [3.05, 3.63) is 29.8 Å². The molecule has 0 aliphatic carbocycles. The molecule has 0 aromatic heterocycles. The van der Waals surface area contributed by atoms with E-state index < -0.39 is 18.4 Å². The smallest absolute Gasteiger partial charge is 0.296 e. The van der Waals surface area contributed by atoms with E-state index in [1.54, 1.807) is 24.3 Å². The van der Waals surface area contributed by atoms with Crippen molar-refractivity contribution in [1.82, 2.24) is 0 Å². The molecule has 0 radical (unpaired) electrons. The van der Waals surface area contributed by atoms with E-state index >= 15 is 0 Å². The molecule has 1 aromatic carbocycles. The van der Waals surface area contributed by atoms with Crippen LogP contribution < -0.4 is 0 Å². The van der Waals surface area contributed by atoms with Crippen LogP contribution in [0, 0.1) is 6.92 Å². The van der Waals surface area contributed by atoms with E-state index in [0.29, 0.717) is 0 Å². The summed E-state index contributed by atoms with van der Waals surface area (Å²) in [4.78, 5) is 0.228. The fourth-order valence-electron chi connectivity index (χ4n) is 2.22. The molecular formula is C20H36O4SSi. The van der Waals surface area contributed by atoms with Gasteiger partial charge in [-0.15, -0.1) is 0 Å². The van der Waals surface area contributed by atoms with Crippen LogP contribution in [0.1, 0.15) is 58.4 Å². The molecule has 0 bridgehead atoms. The maximum absolute atomic E-state index is 12.1. The third-order valence-corrected chi connectivity index (χ3v) is 11.0. The summed E-state index contributed by atoms with van der Waals surface area (Å²) in [6, 6.07) is 6.74. The third kappa shape index (κ3) is 7.90. The third-order valence-electron chi connectivity index (χ3n) is 5.11. The number of hydrogen-bond acceptors (Lipinski definition) is 4. The molecule has 150 valence electrons. The Labute approximate surface area is 161 Å². The molecule has 0 spiro atoms. The minimum atomic E-state index is -3.62. The van der Waals surface area contributed by atoms with Crippen molar-refractivity contribution in [2.24, 2.45) is 0 Å². The van der Waals surface area contributed by atoms with Crippen LogP contribution in [0.5, 0.6) is 0 Å². The number of unbranched alkanes of at least 4 members (excludes halogenated alkanes) is 4. The second kappa shape index (κ2) is 10.0. The molecule has 0 aliphatic heterocycles. The first-order valence-corrected chi connectivity index (χ1v) is 13.9. The van der Waals surface area contributed by atoms with Gasteiger partial charge in [-0.05, 0) is 50.0 Å². The monoisotopic (exact) mass is 400 g/mol. The minimum absolute atomic E-state index is 0.228. The van der Waals surface area contributed by atoms with Crippen LogP contribution >= 0.6 is 0 Å². The molecule has 0 saturated heterocycles. The van der Waals surface area contributed by atoms with Crippen LogP contribution in [0.15, 0.2) is 29.2 Å². The van der Waals surface area contributed by atoms with E-state index in [9.17, 15) is 8.42 Å². The fourth-order valence-corrected chi connectivity index (χ4v) is 4.25. The van der Waals surface area contributed by atoms with Gasteiger partial charge in [0.05, 0.1) is 11.5 Å². The van der Waals surface area contributed by atoms with Crippen LogP contribution in [-0.2, 0) is 18.7 Å². The van der Waals surface area contributed by atoms with Crippen LogP contribution in [0.25, 0.3) is 0 Å². The zero-order valence-electron chi connectivity index (χ0n) is 17.3. The van der Waals surface area contributed by atoms with Crippen LogP contribution in [0.4, 0.5) is 0 Å². The maximum atomic E-state index is 12.1. The first-order valence-electron chi connectivity index (χ1n) is 9.56. The highest BCUT2D eigenvalue weighted by atomic mass is 32.2. The van der Waals surface area contributed by atoms with E-state index in [4.69, 9.17) is 8.61 Å². The van der Waals surface area contributed by atoms with Gasteiger partial charge in [-0.3, -0.25) is 4.18 Å². The van der Waals surface area contributed by atoms with Crippen LogP contribution in [0.3, 0.4) is 0 Å². The Hall–Kier alpha value is -0.693. The van der Waals surface area contributed by atoms with Gasteiger partial charge in [0.2, 0.25) is 0 Å². The molecule has 0 saturated carbocycles. The van der Waals surface area contributed by atoms with E-state index in [2.05, 4.69) is 33.9 Å². The molecule has 0 heterocycles. The van der Waals surface area contributed by atoms with E-state index in [0.717, 1.165) is 44.3 Å². The zero-order valence-corrected chi connectivity index (χ0v) is 19.1. The minimum Gasteiger partial charge on any atom is -0.417 e. The Morgan fingerprint density at radius 1 is 0.885 bits per heavy atom. The normalized spacial score (nSPS) is 13.2. The Bertz CT molecular complexity index is 631. The summed E-state index contributed by atoms with van der Waals surface area (Å²) in [5.74, 6) is 0. The maximum Gasteiger partial charge on any atom is 0.296 e. The second-order valence-electron chi connectivity index (χ2n) is 8.47. The quantitative estimate of drug-likeness (QED) is 0.273.